The van der Waals surface area contributed by atoms with Crippen LogP contribution in [0.2, 0.25) is 0 Å². The highest BCUT2D eigenvalue weighted by molar-refractivity contribution is 5.73. The number of amides is 1. The Morgan fingerprint density at radius 2 is 1.62 bits per heavy atom. The van der Waals surface area contributed by atoms with E-state index >= 15 is 0 Å². The van der Waals surface area contributed by atoms with Crippen molar-refractivity contribution in [3.05, 3.63) is 0 Å². The van der Waals surface area contributed by atoms with E-state index in [0.29, 0.717) is 0 Å². The lowest BCUT2D eigenvalue weighted by Crippen LogP contribution is -2.67. The van der Waals surface area contributed by atoms with E-state index in [1.165, 1.54) is 6.92 Å². The fraction of sp³-hybridized carbons (Fsp3) is 0.824. The number of carbonyl (C=O) groups excluding carboxylic acids is 1. The van der Waals surface area contributed by atoms with E-state index in [-0.39, 0.29) is 6.61 Å². The summed E-state index contributed by atoms with van der Waals surface area (Å²) in [5.74, 6) is 1.71. The van der Waals surface area contributed by atoms with Crippen LogP contribution >= 0.6 is 0 Å². The third-order valence-electron chi connectivity index (χ3n) is 4.69. The first kappa shape index (κ1) is 23.9. The molecule has 0 saturated carbocycles. The zero-order valence-corrected chi connectivity index (χ0v) is 15.7. The van der Waals surface area contributed by atoms with Gasteiger partial charge >= 0.3 is 0 Å². The topological polar surface area (TPSA) is 187 Å². The molecule has 2 aliphatic heterocycles. The molecule has 2 fully saturated rings. The Labute approximate surface area is 166 Å². The highest BCUT2D eigenvalue weighted by Gasteiger charge is 2.51. The molecule has 2 rings (SSSR count). The van der Waals surface area contributed by atoms with Crippen LogP contribution in [-0.2, 0) is 23.7 Å². The lowest BCUT2D eigenvalue weighted by molar-refractivity contribution is -0.347. The summed E-state index contributed by atoms with van der Waals surface area (Å²) >= 11 is 0. The molecule has 1 amide bonds. The SMILES string of the molecule is C#CCO[C@@H]1O[C@H](CO)[C@@H](O[C@@H]2O[C@H](CO)[C@H](O)[C@H](O)[C@H]2O)[C@H](O)[C@H]1NC(C)=O. The van der Waals surface area contributed by atoms with E-state index in [1.54, 1.807) is 0 Å². The summed E-state index contributed by atoms with van der Waals surface area (Å²) in [5, 5.41) is 62.0. The van der Waals surface area contributed by atoms with Crippen LogP contribution in [0.25, 0.3) is 0 Å². The van der Waals surface area contributed by atoms with Crippen molar-refractivity contribution in [2.24, 2.45) is 0 Å². The van der Waals surface area contributed by atoms with Gasteiger partial charge in [0.25, 0.3) is 0 Å². The summed E-state index contributed by atoms with van der Waals surface area (Å²) in [4.78, 5) is 11.5. The Kier molecular flexibility index (Phi) is 8.73. The Bertz CT molecular complexity index is 582. The second-order valence-corrected chi connectivity index (χ2v) is 6.76. The molecule has 10 atom stereocenters. The fourth-order valence-corrected chi connectivity index (χ4v) is 3.23. The Balaban J connectivity index is 2.21. The Hall–Kier alpha value is -1.37. The number of carbonyl (C=O) groups is 1. The summed E-state index contributed by atoms with van der Waals surface area (Å²) in [6.45, 7) is -0.295. The molecule has 12 nitrogen and oxygen atoms in total. The Morgan fingerprint density at radius 3 is 2.17 bits per heavy atom. The summed E-state index contributed by atoms with van der Waals surface area (Å²) in [5.41, 5.74) is 0. The number of terminal acetylenes is 1. The zero-order valence-electron chi connectivity index (χ0n) is 15.7. The molecule has 0 aromatic carbocycles. The fourth-order valence-electron chi connectivity index (χ4n) is 3.23. The molecule has 0 spiro atoms. The average Bonchev–Trinajstić information content (AvgIpc) is 2.69. The second kappa shape index (κ2) is 10.6. The predicted molar refractivity (Wildman–Crippen MR) is 92.8 cm³/mol. The van der Waals surface area contributed by atoms with Gasteiger partial charge in [-0.1, -0.05) is 5.92 Å². The first-order valence-corrected chi connectivity index (χ1v) is 8.97. The average molecular weight is 421 g/mol. The molecule has 0 aliphatic carbocycles. The number of ether oxygens (including phenoxy) is 4. The van der Waals surface area contributed by atoms with E-state index in [9.17, 15) is 35.4 Å². The van der Waals surface area contributed by atoms with Gasteiger partial charge in [-0.15, -0.1) is 6.42 Å². The minimum absolute atomic E-state index is 0.191. The summed E-state index contributed by atoms with van der Waals surface area (Å²) in [6, 6.07) is -1.14. The van der Waals surface area contributed by atoms with Gasteiger partial charge in [0, 0.05) is 6.92 Å². The molecule has 0 bridgehead atoms. The smallest absolute Gasteiger partial charge is 0.217 e. The number of hydrogen-bond donors (Lipinski definition) is 7. The maximum Gasteiger partial charge on any atom is 0.217 e. The summed E-state index contributed by atoms with van der Waals surface area (Å²) < 4.78 is 21.6. The highest BCUT2D eigenvalue weighted by Crippen LogP contribution is 2.29. The number of aliphatic hydroxyl groups is 6. The van der Waals surface area contributed by atoms with Crippen LogP contribution in [0.5, 0.6) is 0 Å². The minimum Gasteiger partial charge on any atom is -0.394 e. The lowest BCUT2D eigenvalue weighted by Gasteiger charge is -2.47. The van der Waals surface area contributed by atoms with Crippen molar-refractivity contribution in [1.82, 2.24) is 5.32 Å². The normalized spacial score (nSPS) is 42.8. The lowest BCUT2D eigenvalue weighted by atomic mass is 9.95. The van der Waals surface area contributed by atoms with Gasteiger partial charge in [-0.25, -0.2) is 0 Å². The van der Waals surface area contributed by atoms with E-state index in [1.807, 2.05) is 0 Å². The second-order valence-electron chi connectivity index (χ2n) is 6.76. The van der Waals surface area contributed by atoms with E-state index in [0.717, 1.165) is 0 Å². The highest BCUT2D eigenvalue weighted by atomic mass is 16.7. The predicted octanol–water partition coefficient (Wildman–Crippen LogP) is -4.60. The third kappa shape index (κ3) is 5.41. The Morgan fingerprint density at radius 1 is 1.00 bits per heavy atom. The maximum absolute atomic E-state index is 11.5. The molecule has 2 saturated heterocycles. The quantitative estimate of drug-likeness (QED) is 0.196. The van der Waals surface area contributed by atoms with E-state index < -0.39 is 80.5 Å². The number of hydrogen-bond acceptors (Lipinski definition) is 11. The van der Waals surface area contributed by atoms with Crippen molar-refractivity contribution in [2.75, 3.05) is 19.8 Å². The maximum atomic E-state index is 11.5. The first-order valence-electron chi connectivity index (χ1n) is 8.97. The molecule has 0 aromatic heterocycles. The summed E-state index contributed by atoms with van der Waals surface area (Å²) in [7, 11) is 0. The van der Waals surface area contributed by atoms with Gasteiger partial charge in [-0.2, -0.15) is 0 Å². The largest absolute Gasteiger partial charge is 0.394 e. The monoisotopic (exact) mass is 421 g/mol. The first-order chi connectivity index (χ1) is 13.7. The van der Waals surface area contributed by atoms with Crippen LogP contribution in [0.15, 0.2) is 0 Å². The van der Waals surface area contributed by atoms with Crippen molar-refractivity contribution >= 4 is 5.91 Å². The van der Waals surface area contributed by atoms with Crippen LogP contribution in [-0.4, -0.2) is 118 Å². The van der Waals surface area contributed by atoms with Crippen LogP contribution < -0.4 is 5.32 Å². The molecule has 7 N–H and O–H groups in total. The molecule has 0 unspecified atom stereocenters. The van der Waals surface area contributed by atoms with Gasteiger partial charge in [0.15, 0.2) is 12.6 Å². The van der Waals surface area contributed by atoms with Gasteiger partial charge in [-0.05, 0) is 0 Å². The van der Waals surface area contributed by atoms with Gasteiger partial charge in [0.05, 0.1) is 13.2 Å². The van der Waals surface area contributed by atoms with Crippen molar-refractivity contribution in [3.8, 4) is 12.3 Å². The van der Waals surface area contributed by atoms with E-state index in [2.05, 4.69) is 11.2 Å². The van der Waals surface area contributed by atoms with Crippen LogP contribution in [0.3, 0.4) is 0 Å². The number of rotatable bonds is 7. The van der Waals surface area contributed by atoms with Gasteiger partial charge in [-0.3, -0.25) is 4.79 Å². The van der Waals surface area contributed by atoms with Crippen molar-refractivity contribution < 1.29 is 54.4 Å². The summed E-state index contributed by atoms with van der Waals surface area (Å²) in [6.07, 6.45) is -7.90. The molecular formula is C17H27NO11. The van der Waals surface area contributed by atoms with Crippen LogP contribution in [0, 0.1) is 12.3 Å². The third-order valence-corrected chi connectivity index (χ3v) is 4.69. The van der Waals surface area contributed by atoms with Gasteiger partial charge in [0.2, 0.25) is 5.91 Å². The van der Waals surface area contributed by atoms with Crippen molar-refractivity contribution in [1.29, 1.82) is 0 Å². The van der Waals surface area contributed by atoms with Gasteiger partial charge in [0.1, 0.15) is 55.4 Å². The molecule has 166 valence electrons. The molecule has 12 heteroatoms. The zero-order chi connectivity index (χ0) is 21.7. The molecular weight excluding hydrogens is 394 g/mol. The number of aliphatic hydroxyl groups excluding tert-OH is 6. The number of nitrogens with one attached hydrogen (secondary N) is 1. The standard InChI is InChI=1S/C17H27NO11/c1-3-4-26-16-10(18-7(2)21)12(23)15(9(6-20)28-16)29-17-14(25)13(24)11(22)8(5-19)27-17/h1,8-17,19-20,22-25H,4-6H2,2H3,(H,18,21)/t8-,9-,10-,11+,12-,13+,14-,15-,16-,17+/m1/s1. The van der Waals surface area contributed by atoms with Crippen LogP contribution in [0.4, 0.5) is 0 Å². The van der Waals surface area contributed by atoms with E-state index in [4.69, 9.17) is 25.4 Å². The minimum atomic E-state index is -1.73. The van der Waals surface area contributed by atoms with Crippen LogP contribution in [0.1, 0.15) is 6.92 Å². The molecule has 2 heterocycles. The molecule has 2 aliphatic rings. The van der Waals surface area contributed by atoms with Gasteiger partial charge < -0.3 is 54.9 Å². The molecule has 29 heavy (non-hydrogen) atoms. The van der Waals surface area contributed by atoms with Crippen molar-refractivity contribution in [2.45, 2.75) is 68.3 Å². The molecule has 0 aromatic rings. The molecule has 0 radical (unpaired) electrons. The van der Waals surface area contributed by atoms with Crippen molar-refractivity contribution in [3.63, 3.8) is 0 Å².